The van der Waals surface area contributed by atoms with E-state index in [0.29, 0.717) is 12.6 Å². The van der Waals surface area contributed by atoms with Gasteiger partial charge >= 0.3 is 6.03 Å². The highest BCUT2D eigenvalue weighted by molar-refractivity contribution is 7.16. The number of nitrogens with one attached hydrogen (secondary N) is 2. The molecule has 3 nitrogen and oxygen atoms in total. The predicted octanol–water partition coefficient (Wildman–Crippen LogP) is 3.58. The van der Waals surface area contributed by atoms with E-state index in [1.54, 1.807) is 11.3 Å². The van der Waals surface area contributed by atoms with E-state index in [-0.39, 0.29) is 6.03 Å². The van der Waals surface area contributed by atoms with E-state index in [0.717, 1.165) is 23.6 Å². The van der Waals surface area contributed by atoms with Crippen LogP contribution >= 0.6 is 22.9 Å². The van der Waals surface area contributed by atoms with E-state index in [1.165, 1.54) is 24.1 Å². The summed E-state index contributed by atoms with van der Waals surface area (Å²) in [6.07, 6.45) is 6.85. The van der Waals surface area contributed by atoms with Gasteiger partial charge < -0.3 is 10.6 Å². The Morgan fingerprint density at radius 3 is 2.78 bits per heavy atom. The predicted molar refractivity (Wildman–Crippen MR) is 76.4 cm³/mol. The standard InChI is InChI=1S/C13H19ClN2OS/c14-12-7-6-11(18-12)8-9-15-13(17)16-10-4-2-1-3-5-10/h6-7,10H,1-5,8-9H2,(H2,15,16,17). The first kappa shape index (κ1) is 13.7. The van der Waals surface area contributed by atoms with Crippen molar-refractivity contribution in [3.05, 3.63) is 21.3 Å². The van der Waals surface area contributed by atoms with Crippen LogP contribution in [0, 0.1) is 0 Å². The fourth-order valence-electron chi connectivity index (χ4n) is 2.27. The Morgan fingerprint density at radius 2 is 2.11 bits per heavy atom. The summed E-state index contributed by atoms with van der Waals surface area (Å²) in [6, 6.07) is 4.23. The van der Waals surface area contributed by atoms with Gasteiger partial charge in [0, 0.05) is 17.5 Å². The van der Waals surface area contributed by atoms with Crippen molar-refractivity contribution in [1.82, 2.24) is 10.6 Å². The van der Waals surface area contributed by atoms with Gasteiger partial charge in [-0.2, -0.15) is 0 Å². The maximum Gasteiger partial charge on any atom is 0.315 e. The van der Waals surface area contributed by atoms with Crippen LogP contribution in [0.25, 0.3) is 0 Å². The molecule has 0 aliphatic heterocycles. The van der Waals surface area contributed by atoms with Gasteiger partial charge in [0.05, 0.1) is 4.34 Å². The molecule has 2 rings (SSSR count). The van der Waals surface area contributed by atoms with E-state index < -0.39 is 0 Å². The summed E-state index contributed by atoms with van der Waals surface area (Å²) in [5.74, 6) is 0. The lowest BCUT2D eigenvalue weighted by Crippen LogP contribution is -2.43. The second kappa shape index (κ2) is 7.00. The minimum atomic E-state index is -0.0375. The number of hydrogen-bond donors (Lipinski definition) is 2. The number of carbonyl (C=O) groups excluding carboxylic acids is 1. The molecule has 18 heavy (non-hydrogen) atoms. The van der Waals surface area contributed by atoms with Crippen molar-refractivity contribution in [2.24, 2.45) is 0 Å². The Bertz CT molecular complexity index is 388. The normalized spacial score (nSPS) is 16.5. The molecule has 1 saturated carbocycles. The molecule has 0 atom stereocenters. The van der Waals surface area contributed by atoms with Gasteiger partial charge in [-0.3, -0.25) is 0 Å². The number of halogens is 1. The average molecular weight is 287 g/mol. The molecule has 2 N–H and O–H groups in total. The van der Waals surface area contributed by atoms with E-state index in [9.17, 15) is 4.79 Å². The molecular formula is C13H19ClN2OS. The molecule has 1 aliphatic carbocycles. The fraction of sp³-hybridized carbons (Fsp3) is 0.615. The average Bonchev–Trinajstić information content (AvgIpc) is 2.76. The zero-order valence-corrected chi connectivity index (χ0v) is 11.9. The first-order valence-electron chi connectivity index (χ1n) is 6.52. The van der Waals surface area contributed by atoms with Gasteiger partial charge in [0.1, 0.15) is 0 Å². The van der Waals surface area contributed by atoms with Crippen molar-refractivity contribution in [3.8, 4) is 0 Å². The quantitative estimate of drug-likeness (QED) is 0.873. The van der Waals surface area contributed by atoms with Crippen LogP contribution in [0.3, 0.4) is 0 Å². The number of thiophene rings is 1. The molecule has 100 valence electrons. The minimum absolute atomic E-state index is 0.0375. The summed E-state index contributed by atoms with van der Waals surface area (Å²) >= 11 is 7.42. The van der Waals surface area contributed by atoms with Crippen molar-refractivity contribution in [1.29, 1.82) is 0 Å². The first-order chi connectivity index (χ1) is 8.74. The topological polar surface area (TPSA) is 41.1 Å². The maximum absolute atomic E-state index is 11.7. The lowest BCUT2D eigenvalue weighted by atomic mass is 9.96. The molecule has 0 unspecified atom stereocenters. The second-order valence-electron chi connectivity index (χ2n) is 4.69. The lowest BCUT2D eigenvalue weighted by Gasteiger charge is -2.22. The van der Waals surface area contributed by atoms with E-state index in [1.807, 2.05) is 12.1 Å². The summed E-state index contributed by atoms with van der Waals surface area (Å²) in [5.41, 5.74) is 0. The van der Waals surface area contributed by atoms with Crippen molar-refractivity contribution < 1.29 is 4.79 Å². The first-order valence-corrected chi connectivity index (χ1v) is 7.72. The highest BCUT2D eigenvalue weighted by atomic mass is 35.5. The van der Waals surface area contributed by atoms with Crippen LogP contribution in [0.4, 0.5) is 4.79 Å². The third kappa shape index (κ3) is 4.50. The van der Waals surface area contributed by atoms with E-state index >= 15 is 0 Å². The Morgan fingerprint density at radius 1 is 1.33 bits per heavy atom. The Hall–Kier alpha value is -0.740. The molecule has 0 bridgehead atoms. The number of amides is 2. The molecule has 1 aromatic heterocycles. The molecule has 0 saturated heterocycles. The fourth-order valence-corrected chi connectivity index (χ4v) is 3.36. The molecule has 1 aromatic rings. The van der Waals surface area contributed by atoms with E-state index in [2.05, 4.69) is 10.6 Å². The molecule has 1 aliphatic rings. The molecule has 1 heterocycles. The summed E-state index contributed by atoms with van der Waals surface area (Å²) in [5, 5.41) is 5.94. The van der Waals surface area contributed by atoms with Crippen molar-refractivity contribution >= 4 is 29.0 Å². The Kier molecular flexibility index (Phi) is 5.32. The van der Waals surface area contributed by atoms with Crippen LogP contribution < -0.4 is 10.6 Å². The van der Waals surface area contributed by atoms with Crippen LogP contribution in [-0.4, -0.2) is 18.6 Å². The molecule has 0 aromatic carbocycles. The number of rotatable bonds is 4. The molecule has 0 spiro atoms. The Balaban J connectivity index is 1.62. The van der Waals surface area contributed by atoms with Crippen LogP contribution in [-0.2, 0) is 6.42 Å². The van der Waals surface area contributed by atoms with Crippen LogP contribution in [0.1, 0.15) is 37.0 Å². The number of carbonyl (C=O) groups is 1. The second-order valence-corrected chi connectivity index (χ2v) is 6.49. The zero-order chi connectivity index (χ0) is 12.8. The lowest BCUT2D eigenvalue weighted by molar-refractivity contribution is 0.233. The highest BCUT2D eigenvalue weighted by Crippen LogP contribution is 2.21. The van der Waals surface area contributed by atoms with Gasteiger partial charge in [-0.05, 0) is 31.4 Å². The van der Waals surface area contributed by atoms with Crippen LogP contribution in [0.15, 0.2) is 12.1 Å². The molecular weight excluding hydrogens is 268 g/mol. The van der Waals surface area contributed by atoms with Crippen LogP contribution in [0.2, 0.25) is 4.34 Å². The summed E-state index contributed by atoms with van der Waals surface area (Å²) in [4.78, 5) is 12.9. The van der Waals surface area contributed by atoms with Gasteiger partial charge in [-0.15, -0.1) is 11.3 Å². The zero-order valence-electron chi connectivity index (χ0n) is 10.4. The molecule has 1 fully saturated rings. The number of urea groups is 1. The van der Waals surface area contributed by atoms with Crippen molar-refractivity contribution in [2.45, 2.75) is 44.6 Å². The third-order valence-corrected chi connectivity index (χ3v) is 4.52. The molecule has 0 radical (unpaired) electrons. The summed E-state index contributed by atoms with van der Waals surface area (Å²) in [7, 11) is 0. The van der Waals surface area contributed by atoms with Gasteiger partial charge in [-0.25, -0.2) is 4.79 Å². The summed E-state index contributed by atoms with van der Waals surface area (Å²) < 4.78 is 0.802. The van der Waals surface area contributed by atoms with Gasteiger partial charge in [-0.1, -0.05) is 30.9 Å². The maximum atomic E-state index is 11.7. The van der Waals surface area contributed by atoms with Crippen molar-refractivity contribution in [3.63, 3.8) is 0 Å². The van der Waals surface area contributed by atoms with Gasteiger partial charge in [0.25, 0.3) is 0 Å². The highest BCUT2D eigenvalue weighted by Gasteiger charge is 2.15. The van der Waals surface area contributed by atoms with E-state index in [4.69, 9.17) is 11.6 Å². The molecule has 5 heteroatoms. The van der Waals surface area contributed by atoms with Gasteiger partial charge in [0.2, 0.25) is 0 Å². The third-order valence-electron chi connectivity index (χ3n) is 3.23. The molecule has 2 amide bonds. The summed E-state index contributed by atoms with van der Waals surface area (Å²) in [6.45, 7) is 0.662. The smallest absolute Gasteiger partial charge is 0.315 e. The minimum Gasteiger partial charge on any atom is -0.338 e. The monoisotopic (exact) mass is 286 g/mol. The van der Waals surface area contributed by atoms with Crippen molar-refractivity contribution in [2.75, 3.05) is 6.54 Å². The Labute approximate surface area is 117 Å². The van der Waals surface area contributed by atoms with Crippen LogP contribution in [0.5, 0.6) is 0 Å². The number of hydrogen-bond acceptors (Lipinski definition) is 2. The SMILES string of the molecule is O=C(NCCc1ccc(Cl)s1)NC1CCCCC1. The largest absolute Gasteiger partial charge is 0.338 e. The van der Waals surface area contributed by atoms with Gasteiger partial charge in [0.15, 0.2) is 0 Å².